The molecule has 29 heavy (non-hydrogen) atoms. The first-order chi connectivity index (χ1) is 14.2. The van der Waals surface area contributed by atoms with Crippen molar-refractivity contribution in [2.75, 3.05) is 0 Å². The molecular formula is C21H22N4O2S2. The van der Waals surface area contributed by atoms with E-state index in [-0.39, 0.29) is 23.6 Å². The Morgan fingerprint density at radius 1 is 1.14 bits per heavy atom. The molecule has 4 rings (SSSR count). The summed E-state index contributed by atoms with van der Waals surface area (Å²) in [5.74, 6) is -0.432. The molecule has 1 saturated carbocycles. The summed E-state index contributed by atoms with van der Waals surface area (Å²) >= 11 is 2.69. The maximum atomic E-state index is 13.4. The monoisotopic (exact) mass is 426 g/mol. The third-order valence-corrected chi connectivity index (χ3v) is 6.49. The van der Waals surface area contributed by atoms with Gasteiger partial charge in [-0.3, -0.25) is 9.59 Å². The topological polar surface area (TPSA) is 75.2 Å². The van der Waals surface area contributed by atoms with Crippen LogP contribution in [0.2, 0.25) is 0 Å². The molecule has 2 heterocycles. The van der Waals surface area contributed by atoms with Crippen LogP contribution >= 0.6 is 22.9 Å². The van der Waals surface area contributed by atoms with Gasteiger partial charge in [-0.05, 0) is 41.4 Å². The molecule has 3 aromatic rings. The van der Waals surface area contributed by atoms with Gasteiger partial charge in [0.1, 0.15) is 6.04 Å². The number of hydrogen-bond acceptors (Lipinski definition) is 6. The fourth-order valence-corrected chi connectivity index (χ4v) is 4.85. The second-order valence-corrected chi connectivity index (χ2v) is 8.75. The van der Waals surface area contributed by atoms with E-state index in [1.807, 2.05) is 47.8 Å². The Hall–Kier alpha value is -2.58. The average Bonchev–Trinajstić information content (AvgIpc) is 3.51. The summed E-state index contributed by atoms with van der Waals surface area (Å²) in [4.78, 5) is 29.4. The lowest BCUT2D eigenvalue weighted by Crippen LogP contribution is -2.45. The van der Waals surface area contributed by atoms with Crippen LogP contribution in [0.15, 0.2) is 53.2 Å². The van der Waals surface area contributed by atoms with Gasteiger partial charge < -0.3 is 10.2 Å². The predicted octanol–water partition coefficient (Wildman–Crippen LogP) is 4.04. The first-order valence-corrected chi connectivity index (χ1v) is 11.4. The third-order valence-electron chi connectivity index (χ3n) is 5.12. The largest absolute Gasteiger partial charge is 0.351 e. The van der Waals surface area contributed by atoms with Gasteiger partial charge in [-0.15, -0.1) is 16.4 Å². The number of amides is 2. The van der Waals surface area contributed by atoms with Crippen molar-refractivity contribution in [1.29, 1.82) is 0 Å². The van der Waals surface area contributed by atoms with Crippen molar-refractivity contribution in [2.24, 2.45) is 0 Å². The smallest absolute Gasteiger partial charge is 0.276 e. The van der Waals surface area contributed by atoms with Crippen LogP contribution in [0.5, 0.6) is 0 Å². The van der Waals surface area contributed by atoms with Crippen molar-refractivity contribution in [1.82, 2.24) is 19.8 Å². The quantitative estimate of drug-likeness (QED) is 0.619. The SMILES string of the molecule is O=C(NC1CCCC1)[C@@H](c1ccccc1)N(Cc1cccs1)C(=O)c1csnn1. The molecule has 2 aromatic heterocycles. The molecule has 0 spiro atoms. The van der Waals surface area contributed by atoms with E-state index in [0.717, 1.165) is 47.7 Å². The van der Waals surface area contributed by atoms with Gasteiger partial charge in [0.2, 0.25) is 5.91 Å². The molecular weight excluding hydrogens is 404 g/mol. The Balaban J connectivity index is 1.70. The number of nitrogens with zero attached hydrogens (tertiary/aromatic N) is 3. The summed E-state index contributed by atoms with van der Waals surface area (Å²) in [5, 5.41) is 10.7. The molecule has 0 radical (unpaired) electrons. The highest BCUT2D eigenvalue weighted by atomic mass is 32.1. The van der Waals surface area contributed by atoms with E-state index in [1.54, 1.807) is 21.6 Å². The van der Waals surface area contributed by atoms with Crippen molar-refractivity contribution in [2.45, 2.75) is 44.3 Å². The summed E-state index contributed by atoms with van der Waals surface area (Å²) in [6, 6.07) is 12.9. The van der Waals surface area contributed by atoms with Gasteiger partial charge in [0.15, 0.2) is 5.69 Å². The van der Waals surface area contributed by atoms with Crippen LogP contribution in [0.1, 0.15) is 52.7 Å². The number of nitrogens with one attached hydrogen (secondary N) is 1. The highest BCUT2D eigenvalue weighted by Crippen LogP contribution is 2.28. The van der Waals surface area contributed by atoms with Crippen LogP contribution in [0, 0.1) is 0 Å². The second-order valence-electron chi connectivity index (χ2n) is 7.11. The molecule has 1 N–H and O–H groups in total. The number of aromatic nitrogens is 2. The van der Waals surface area contributed by atoms with Crippen molar-refractivity contribution in [3.63, 3.8) is 0 Å². The molecule has 0 saturated heterocycles. The molecule has 0 unspecified atom stereocenters. The summed E-state index contributed by atoms with van der Waals surface area (Å²) in [5.41, 5.74) is 1.05. The summed E-state index contributed by atoms with van der Waals surface area (Å²) in [6.45, 7) is 0.339. The van der Waals surface area contributed by atoms with Gasteiger partial charge in [0, 0.05) is 16.3 Å². The lowest BCUT2D eigenvalue weighted by Gasteiger charge is -2.31. The molecule has 150 valence electrons. The fraction of sp³-hybridized carbons (Fsp3) is 0.333. The molecule has 0 aliphatic heterocycles. The maximum absolute atomic E-state index is 13.4. The molecule has 0 bridgehead atoms. The van der Waals surface area contributed by atoms with Gasteiger partial charge in [-0.25, -0.2) is 0 Å². The van der Waals surface area contributed by atoms with E-state index in [9.17, 15) is 9.59 Å². The number of benzene rings is 1. The molecule has 2 amide bonds. The zero-order valence-electron chi connectivity index (χ0n) is 15.9. The minimum absolute atomic E-state index is 0.142. The van der Waals surface area contributed by atoms with Crippen LogP contribution in [0.3, 0.4) is 0 Å². The maximum Gasteiger partial charge on any atom is 0.276 e. The number of thiophene rings is 1. The Morgan fingerprint density at radius 3 is 2.59 bits per heavy atom. The van der Waals surface area contributed by atoms with Crippen molar-refractivity contribution < 1.29 is 9.59 Å². The normalized spacial score (nSPS) is 15.2. The molecule has 1 atom stereocenters. The zero-order chi connectivity index (χ0) is 20.1. The van der Waals surface area contributed by atoms with E-state index in [2.05, 4.69) is 14.9 Å². The van der Waals surface area contributed by atoms with Gasteiger partial charge in [-0.2, -0.15) is 0 Å². The third kappa shape index (κ3) is 4.71. The minimum atomic E-state index is -0.729. The molecule has 1 aliphatic carbocycles. The highest BCUT2D eigenvalue weighted by Gasteiger charge is 2.34. The molecule has 8 heteroatoms. The van der Waals surface area contributed by atoms with E-state index in [0.29, 0.717) is 6.54 Å². The van der Waals surface area contributed by atoms with Crippen molar-refractivity contribution in [3.05, 3.63) is 69.4 Å². The van der Waals surface area contributed by atoms with Crippen LogP contribution in [0.25, 0.3) is 0 Å². The Bertz CT molecular complexity index is 923. The Labute approximate surface area is 177 Å². The number of rotatable bonds is 7. The number of carbonyl (C=O) groups excluding carboxylic acids is 2. The molecule has 1 aliphatic rings. The highest BCUT2D eigenvalue weighted by molar-refractivity contribution is 7.09. The van der Waals surface area contributed by atoms with Gasteiger partial charge >= 0.3 is 0 Å². The lowest BCUT2D eigenvalue weighted by atomic mass is 10.0. The van der Waals surface area contributed by atoms with Gasteiger partial charge in [0.25, 0.3) is 5.91 Å². The minimum Gasteiger partial charge on any atom is -0.351 e. The standard InChI is InChI=1S/C21H22N4O2S2/c26-20(22-16-9-4-5-10-16)19(15-7-2-1-3-8-15)25(13-17-11-6-12-28-17)21(27)18-14-29-24-23-18/h1-3,6-8,11-12,14,16,19H,4-5,9-10,13H2,(H,22,26)/t19-/m1/s1. The van der Waals surface area contributed by atoms with Crippen LogP contribution in [-0.2, 0) is 11.3 Å². The van der Waals surface area contributed by atoms with Crippen LogP contribution in [-0.4, -0.2) is 32.3 Å². The Kier molecular flexibility index (Phi) is 6.31. The van der Waals surface area contributed by atoms with Crippen LogP contribution in [0.4, 0.5) is 0 Å². The Morgan fingerprint density at radius 2 is 1.93 bits per heavy atom. The first-order valence-electron chi connectivity index (χ1n) is 9.68. The first kappa shape index (κ1) is 19.7. The van der Waals surface area contributed by atoms with Crippen molar-refractivity contribution in [3.8, 4) is 0 Å². The molecule has 1 fully saturated rings. The van der Waals surface area contributed by atoms with E-state index in [4.69, 9.17) is 0 Å². The van der Waals surface area contributed by atoms with E-state index < -0.39 is 6.04 Å². The van der Waals surface area contributed by atoms with Crippen LogP contribution < -0.4 is 5.32 Å². The van der Waals surface area contributed by atoms with Gasteiger partial charge in [0.05, 0.1) is 6.54 Å². The number of hydrogen-bond donors (Lipinski definition) is 1. The predicted molar refractivity (Wildman–Crippen MR) is 114 cm³/mol. The molecule has 1 aromatic carbocycles. The summed E-state index contributed by atoms with van der Waals surface area (Å²) in [7, 11) is 0. The van der Waals surface area contributed by atoms with Gasteiger partial charge in [-0.1, -0.05) is 53.7 Å². The second kappa shape index (κ2) is 9.28. The zero-order valence-corrected chi connectivity index (χ0v) is 17.5. The summed E-state index contributed by atoms with van der Waals surface area (Å²) < 4.78 is 3.83. The average molecular weight is 427 g/mol. The lowest BCUT2D eigenvalue weighted by molar-refractivity contribution is -0.126. The van der Waals surface area contributed by atoms with E-state index in [1.165, 1.54) is 0 Å². The van der Waals surface area contributed by atoms with Crippen molar-refractivity contribution >= 4 is 34.7 Å². The summed E-state index contributed by atoms with van der Waals surface area (Å²) in [6.07, 6.45) is 4.23. The van der Waals surface area contributed by atoms with E-state index >= 15 is 0 Å². The number of carbonyl (C=O) groups is 2. The fourth-order valence-electron chi connectivity index (χ4n) is 3.71. The molecule has 6 nitrogen and oxygen atoms in total.